The smallest absolute Gasteiger partial charge is 0.331 e. The van der Waals surface area contributed by atoms with Crippen LogP contribution in [-0.2, 0) is 13.4 Å². The maximum atomic E-state index is 10.8. The van der Waals surface area contributed by atoms with E-state index in [2.05, 4.69) is 0 Å². The molecule has 1 unspecified atom stereocenters. The van der Waals surface area contributed by atoms with Crippen molar-refractivity contribution >= 4 is 46.7 Å². The van der Waals surface area contributed by atoms with E-state index in [4.69, 9.17) is 45.0 Å². The van der Waals surface area contributed by atoms with Gasteiger partial charge >= 0.3 is 11.9 Å². The largest absolute Gasteiger partial charge is 0.481 e. The van der Waals surface area contributed by atoms with Gasteiger partial charge < -0.3 is 10.2 Å². The Morgan fingerprint density at radius 2 is 1.70 bits per heavy atom. The van der Waals surface area contributed by atoms with Gasteiger partial charge in [-0.25, -0.2) is 4.79 Å². The molecular formula is C16H15Cl3O4. The average molecular weight is 378 g/mol. The van der Waals surface area contributed by atoms with Crippen molar-refractivity contribution in [3.8, 4) is 0 Å². The van der Waals surface area contributed by atoms with Gasteiger partial charge in [0.05, 0.1) is 5.41 Å². The van der Waals surface area contributed by atoms with E-state index in [1.807, 2.05) is 18.2 Å². The SMILES string of the molecule is CC1(C(=O)O)C=CC=C(C(=O)O)C1.ClC(Cl)(Cl)c1ccccc1. The number of carboxylic acids is 2. The Balaban J connectivity index is 0.000000238. The molecule has 0 heterocycles. The van der Waals surface area contributed by atoms with E-state index in [1.54, 1.807) is 12.1 Å². The summed E-state index contributed by atoms with van der Waals surface area (Å²) in [6, 6.07) is 9.08. The highest BCUT2D eigenvalue weighted by molar-refractivity contribution is 6.66. The molecule has 0 amide bonds. The second-order valence-corrected chi connectivity index (χ2v) is 7.40. The molecule has 4 nitrogen and oxygen atoms in total. The monoisotopic (exact) mass is 376 g/mol. The number of benzene rings is 1. The van der Waals surface area contributed by atoms with Crippen LogP contribution in [0.1, 0.15) is 18.9 Å². The first-order chi connectivity index (χ1) is 10.6. The van der Waals surface area contributed by atoms with Gasteiger partial charge in [-0.05, 0) is 13.3 Å². The molecule has 0 spiro atoms. The Morgan fingerprint density at radius 3 is 2.09 bits per heavy atom. The summed E-state index contributed by atoms with van der Waals surface area (Å²) >= 11 is 16.8. The van der Waals surface area contributed by atoms with Crippen LogP contribution in [-0.4, -0.2) is 22.2 Å². The van der Waals surface area contributed by atoms with Crippen LogP contribution in [0.15, 0.2) is 54.1 Å². The van der Waals surface area contributed by atoms with Crippen molar-refractivity contribution < 1.29 is 19.8 Å². The van der Waals surface area contributed by atoms with Crippen LogP contribution in [0.25, 0.3) is 0 Å². The molecule has 0 saturated heterocycles. The zero-order valence-electron chi connectivity index (χ0n) is 12.2. The van der Waals surface area contributed by atoms with Gasteiger partial charge in [0, 0.05) is 11.1 Å². The molecule has 2 N–H and O–H groups in total. The summed E-state index contributed by atoms with van der Waals surface area (Å²) in [6.45, 7) is 1.50. The lowest BCUT2D eigenvalue weighted by Gasteiger charge is -2.23. The summed E-state index contributed by atoms with van der Waals surface area (Å²) in [6.07, 6.45) is 4.43. The predicted molar refractivity (Wildman–Crippen MR) is 90.9 cm³/mol. The molecule has 0 fully saturated rings. The van der Waals surface area contributed by atoms with Crippen LogP contribution >= 0.6 is 34.8 Å². The lowest BCUT2D eigenvalue weighted by molar-refractivity contribution is -0.145. The van der Waals surface area contributed by atoms with Crippen molar-refractivity contribution in [2.24, 2.45) is 5.41 Å². The lowest BCUT2D eigenvalue weighted by atomic mass is 9.80. The molecule has 1 aromatic rings. The summed E-state index contributed by atoms with van der Waals surface area (Å²) in [5.74, 6) is -2.06. The average Bonchev–Trinajstić information content (AvgIpc) is 2.48. The van der Waals surface area contributed by atoms with Crippen molar-refractivity contribution in [3.05, 3.63) is 59.7 Å². The number of hydrogen-bond acceptors (Lipinski definition) is 2. The fraction of sp³-hybridized carbons (Fsp3) is 0.250. The molecule has 7 heteroatoms. The third kappa shape index (κ3) is 5.90. The highest BCUT2D eigenvalue weighted by Crippen LogP contribution is 2.37. The first-order valence-corrected chi connectivity index (χ1v) is 7.67. The van der Waals surface area contributed by atoms with Crippen LogP contribution in [0.5, 0.6) is 0 Å². The zero-order valence-corrected chi connectivity index (χ0v) is 14.4. The number of carboxylic acid groups (broad SMARTS) is 2. The standard InChI is InChI=1S/C9H10O4.C7H5Cl3/c1-9(8(12)13)4-2-3-6(5-9)7(10)11;8-7(9,10)6-4-2-1-3-5-6/h2-4H,5H2,1H3,(H,10,11)(H,12,13);1-5H. The number of allylic oxidation sites excluding steroid dienone is 2. The fourth-order valence-corrected chi connectivity index (χ4v) is 2.19. The first kappa shape index (κ1) is 19.6. The Bertz CT molecular complexity index is 632. The van der Waals surface area contributed by atoms with Gasteiger partial charge in [-0.1, -0.05) is 83.4 Å². The van der Waals surface area contributed by atoms with Crippen LogP contribution in [0, 0.1) is 5.41 Å². The summed E-state index contributed by atoms with van der Waals surface area (Å²) in [4.78, 5) is 21.3. The van der Waals surface area contributed by atoms with Gasteiger partial charge in [0.25, 0.3) is 0 Å². The Morgan fingerprint density at radius 1 is 1.13 bits per heavy atom. The second-order valence-electron chi connectivity index (χ2n) is 5.12. The van der Waals surface area contributed by atoms with E-state index in [-0.39, 0.29) is 12.0 Å². The number of aliphatic carboxylic acids is 2. The molecule has 0 aromatic heterocycles. The first-order valence-electron chi connectivity index (χ1n) is 6.53. The molecule has 0 bridgehead atoms. The van der Waals surface area contributed by atoms with Crippen LogP contribution in [0.3, 0.4) is 0 Å². The van der Waals surface area contributed by atoms with Gasteiger partial charge in [-0.3, -0.25) is 4.79 Å². The Labute approximate surface area is 149 Å². The minimum Gasteiger partial charge on any atom is -0.481 e. The Hall–Kier alpha value is -1.49. The molecule has 1 aliphatic carbocycles. The normalized spacial score (nSPS) is 20.1. The maximum Gasteiger partial charge on any atom is 0.331 e. The van der Waals surface area contributed by atoms with E-state index in [0.29, 0.717) is 5.56 Å². The molecule has 1 aromatic carbocycles. The fourth-order valence-electron chi connectivity index (χ4n) is 1.81. The molecule has 124 valence electrons. The molecule has 2 rings (SSSR count). The quantitative estimate of drug-likeness (QED) is 0.741. The van der Waals surface area contributed by atoms with Gasteiger partial charge in [-0.2, -0.15) is 0 Å². The number of rotatable bonds is 2. The molecular weight excluding hydrogens is 363 g/mol. The topological polar surface area (TPSA) is 74.6 Å². The van der Waals surface area contributed by atoms with Gasteiger partial charge in [0.15, 0.2) is 0 Å². The van der Waals surface area contributed by atoms with Crippen molar-refractivity contribution in [1.29, 1.82) is 0 Å². The van der Waals surface area contributed by atoms with E-state index in [9.17, 15) is 9.59 Å². The summed E-state index contributed by atoms with van der Waals surface area (Å²) in [7, 11) is 0. The Kier molecular flexibility index (Phi) is 6.69. The van der Waals surface area contributed by atoms with Crippen molar-refractivity contribution in [3.63, 3.8) is 0 Å². The zero-order chi connectivity index (χ0) is 17.7. The number of alkyl halides is 3. The van der Waals surface area contributed by atoms with E-state index in [0.717, 1.165) is 0 Å². The molecule has 0 saturated carbocycles. The van der Waals surface area contributed by atoms with E-state index >= 15 is 0 Å². The minimum absolute atomic E-state index is 0.0359. The van der Waals surface area contributed by atoms with Crippen molar-refractivity contribution in [2.75, 3.05) is 0 Å². The molecule has 1 aliphatic rings. The van der Waals surface area contributed by atoms with Crippen LogP contribution in [0.2, 0.25) is 0 Å². The third-order valence-electron chi connectivity index (χ3n) is 3.18. The summed E-state index contributed by atoms with van der Waals surface area (Å²) < 4.78 is -1.29. The van der Waals surface area contributed by atoms with Crippen molar-refractivity contribution in [1.82, 2.24) is 0 Å². The predicted octanol–water partition coefficient (Wildman–Crippen LogP) is 4.56. The highest BCUT2D eigenvalue weighted by atomic mass is 35.6. The van der Waals surface area contributed by atoms with Crippen LogP contribution < -0.4 is 0 Å². The maximum absolute atomic E-state index is 10.8. The van der Waals surface area contributed by atoms with Gasteiger partial charge in [-0.15, -0.1) is 0 Å². The van der Waals surface area contributed by atoms with E-state index < -0.39 is 21.1 Å². The number of carbonyl (C=O) groups is 2. The van der Waals surface area contributed by atoms with Gasteiger partial charge in [0.1, 0.15) is 0 Å². The highest BCUT2D eigenvalue weighted by Gasteiger charge is 2.34. The summed E-state index contributed by atoms with van der Waals surface area (Å²) in [5, 5.41) is 17.5. The van der Waals surface area contributed by atoms with Gasteiger partial charge in [0.2, 0.25) is 3.79 Å². The number of hydrogen-bond donors (Lipinski definition) is 2. The number of halogens is 3. The molecule has 1 atom stereocenters. The lowest BCUT2D eigenvalue weighted by Crippen LogP contribution is -2.28. The summed E-state index contributed by atoms with van der Waals surface area (Å²) in [5.41, 5.74) is -0.255. The second kappa shape index (κ2) is 7.86. The molecule has 0 radical (unpaired) electrons. The molecule has 23 heavy (non-hydrogen) atoms. The van der Waals surface area contributed by atoms with E-state index in [1.165, 1.54) is 25.2 Å². The minimum atomic E-state index is -1.29. The molecule has 0 aliphatic heterocycles. The van der Waals surface area contributed by atoms with Crippen LogP contribution in [0.4, 0.5) is 0 Å². The third-order valence-corrected chi connectivity index (χ3v) is 3.84. The van der Waals surface area contributed by atoms with Crippen molar-refractivity contribution in [2.45, 2.75) is 17.1 Å².